The van der Waals surface area contributed by atoms with E-state index in [9.17, 15) is 10.1 Å². The topological polar surface area (TPSA) is 61.6 Å². The Labute approximate surface area is 139 Å². The van der Waals surface area contributed by atoms with E-state index < -0.39 is 4.92 Å². The molecule has 3 rings (SSSR count). The lowest BCUT2D eigenvalue weighted by molar-refractivity contribution is -0.384. The number of hydrogen-bond donors (Lipinski definition) is 0. The second-order valence-corrected chi connectivity index (χ2v) is 7.71. The summed E-state index contributed by atoms with van der Waals surface area (Å²) in [5.74, 6) is 0. The van der Waals surface area contributed by atoms with Gasteiger partial charge in [-0.15, -0.1) is 11.3 Å². The van der Waals surface area contributed by atoms with Crippen molar-refractivity contribution in [2.24, 2.45) is 0 Å². The minimum atomic E-state index is -0.395. The van der Waals surface area contributed by atoms with Crippen LogP contribution < -0.4 is 4.78 Å². The predicted molar refractivity (Wildman–Crippen MR) is 92.1 cm³/mol. The van der Waals surface area contributed by atoms with Crippen LogP contribution in [0, 0.1) is 10.1 Å². The van der Waals surface area contributed by atoms with Gasteiger partial charge in [0.05, 0.1) is 16.1 Å². The van der Waals surface area contributed by atoms with E-state index in [-0.39, 0.29) is 24.0 Å². The smallest absolute Gasteiger partial charge is 0.399 e. The number of benzene rings is 1. The zero-order valence-corrected chi connectivity index (χ0v) is 14.3. The summed E-state index contributed by atoms with van der Waals surface area (Å²) in [7, 11) is -0.378. The molecule has 0 bridgehead atoms. The quantitative estimate of drug-likeness (QED) is 0.490. The van der Waals surface area contributed by atoms with Crippen molar-refractivity contribution in [2.75, 3.05) is 0 Å². The number of nitro groups is 1. The summed E-state index contributed by atoms with van der Waals surface area (Å²) < 4.78 is 13.1. The molecule has 1 aliphatic heterocycles. The average molecular weight is 331 g/mol. The molecule has 0 saturated carbocycles. The van der Waals surface area contributed by atoms with Gasteiger partial charge < -0.3 is 9.31 Å². The third-order valence-corrected chi connectivity index (χ3v) is 5.63. The summed E-state index contributed by atoms with van der Waals surface area (Å²) in [5, 5.41) is 10.7. The molecule has 1 aromatic heterocycles. The van der Waals surface area contributed by atoms with Crippen LogP contribution >= 0.6 is 11.3 Å². The minimum absolute atomic E-state index is 0.0940. The summed E-state index contributed by atoms with van der Waals surface area (Å²) in [4.78, 5) is 11.4. The van der Waals surface area contributed by atoms with E-state index in [4.69, 9.17) is 9.31 Å². The Kier molecular flexibility index (Phi) is 3.82. The van der Waals surface area contributed by atoms with Crippen molar-refractivity contribution in [3.05, 3.63) is 46.5 Å². The number of nitrogens with zero attached hydrogens (tertiary/aromatic N) is 1. The first-order valence-corrected chi connectivity index (χ1v) is 8.21. The highest BCUT2D eigenvalue weighted by molar-refractivity contribution is 7.25. The SMILES string of the molecule is CC1(C)OB(c2ccc(-c3ccc([N+](=O)[O-])cc3)s2)OC1(C)C. The Morgan fingerprint density at radius 3 is 2.09 bits per heavy atom. The highest BCUT2D eigenvalue weighted by Gasteiger charge is 2.52. The molecule has 23 heavy (non-hydrogen) atoms. The van der Waals surface area contributed by atoms with Gasteiger partial charge in [-0.05, 0) is 51.5 Å². The normalized spacial score (nSPS) is 19.0. The van der Waals surface area contributed by atoms with Crippen LogP contribution in [0.4, 0.5) is 5.69 Å². The van der Waals surface area contributed by atoms with Gasteiger partial charge in [0.25, 0.3) is 5.69 Å². The molecule has 1 aliphatic rings. The highest BCUT2D eigenvalue weighted by Crippen LogP contribution is 2.37. The number of nitro benzene ring substituents is 1. The van der Waals surface area contributed by atoms with Gasteiger partial charge in [-0.1, -0.05) is 6.07 Å². The van der Waals surface area contributed by atoms with Crippen LogP contribution in [0.1, 0.15) is 27.7 Å². The van der Waals surface area contributed by atoms with Gasteiger partial charge >= 0.3 is 7.12 Å². The van der Waals surface area contributed by atoms with Gasteiger partial charge in [0.15, 0.2) is 0 Å². The third kappa shape index (κ3) is 2.92. The average Bonchev–Trinajstić information content (AvgIpc) is 3.02. The van der Waals surface area contributed by atoms with Gasteiger partial charge in [-0.2, -0.15) is 0 Å². The van der Waals surface area contributed by atoms with Crippen LogP contribution in [0.25, 0.3) is 10.4 Å². The Morgan fingerprint density at radius 2 is 1.57 bits per heavy atom. The molecule has 2 aromatic rings. The van der Waals surface area contributed by atoms with Gasteiger partial charge in [0.2, 0.25) is 0 Å². The molecule has 1 saturated heterocycles. The Bertz CT molecular complexity index is 723. The Morgan fingerprint density at radius 1 is 1.00 bits per heavy atom. The van der Waals surface area contributed by atoms with Crippen molar-refractivity contribution in [3.8, 4) is 10.4 Å². The molecule has 5 nitrogen and oxygen atoms in total. The van der Waals surface area contributed by atoms with Crippen LogP contribution in [-0.2, 0) is 9.31 Å². The standard InChI is InChI=1S/C16H18BNO4S/c1-15(2)16(3,4)22-17(21-15)14-10-9-13(23-14)11-5-7-12(8-6-11)18(19)20/h5-10H,1-4H3. The summed E-state index contributed by atoms with van der Waals surface area (Å²) >= 11 is 1.58. The van der Waals surface area contributed by atoms with Crippen molar-refractivity contribution in [1.29, 1.82) is 0 Å². The first-order chi connectivity index (χ1) is 10.7. The number of thiophene rings is 1. The first-order valence-electron chi connectivity index (χ1n) is 7.40. The number of rotatable bonds is 3. The van der Waals surface area contributed by atoms with E-state index in [1.54, 1.807) is 23.5 Å². The zero-order chi connectivity index (χ0) is 16.8. The second-order valence-electron chi connectivity index (χ2n) is 6.59. The molecule has 0 amide bonds. The fraction of sp³-hybridized carbons (Fsp3) is 0.375. The lowest BCUT2D eigenvalue weighted by Gasteiger charge is -2.32. The molecule has 2 heterocycles. The molecular formula is C16H18BNO4S. The molecule has 7 heteroatoms. The molecule has 1 aromatic carbocycles. The van der Waals surface area contributed by atoms with Crippen LogP contribution in [-0.4, -0.2) is 23.2 Å². The van der Waals surface area contributed by atoms with E-state index >= 15 is 0 Å². The van der Waals surface area contributed by atoms with E-state index in [0.717, 1.165) is 15.2 Å². The molecule has 0 unspecified atom stereocenters. The maximum absolute atomic E-state index is 10.7. The first kappa shape index (κ1) is 16.2. The maximum atomic E-state index is 10.7. The highest BCUT2D eigenvalue weighted by atomic mass is 32.1. The van der Waals surface area contributed by atoms with Gasteiger partial charge in [-0.25, -0.2) is 0 Å². The van der Waals surface area contributed by atoms with Crippen molar-refractivity contribution >= 4 is 28.9 Å². The van der Waals surface area contributed by atoms with Crippen molar-refractivity contribution in [3.63, 3.8) is 0 Å². The summed E-state index contributed by atoms with van der Waals surface area (Å²) in [6, 6.07) is 10.5. The lowest BCUT2D eigenvalue weighted by atomic mass is 9.88. The summed E-state index contributed by atoms with van der Waals surface area (Å²) in [6.07, 6.45) is 0. The van der Waals surface area contributed by atoms with Crippen LogP contribution in [0.2, 0.25) is 0 Å². The van der Waals surface area contributed by atoms with E-state index in [1.807, 2.05) is 39.8 Å². The second kappa shape index (κ2) is 5.44. The fourth-order valence-corrected chi connectivity index (χ4v) is 3.31. The largest absolute Gasteiger partial charge is 0.505 e. The van der Waals surface area contributed by atoms with Gasteiger partial charge in [0.1, 0.15) is 0 Å². The van der Waals surface area contributed by atoms with Gasteiger partial charge in [-0.3, -0.25) is 10.1 Å². The molecule has 0 spiro atoms. The summed E-state index contributed by atoms with van der Waals surface area (Å²) in [6.45, 7) is 8.10. The van der Waals surface area contributed by atoms with Crippen LogP contribution in [0.3, 0.4) is 0 Å². The molecule has 0 N–H and O–H groups in total. The third-order valence-electron chi connectivity index (χ3n) is 4.47. The number of hydrogen-bond acceptors (Lipinski definition) is 5. The molecule has 0 atom stereocenters. The Hall–Kier alpha value is -1.70. The molecule has 0 aliphatic carbocycles. The fourth-order valence-electron chi connectivity index (χ4n) is 2.34. The van der Waals surface area contributed by atoms with E-state index in [1.165, 1.54) is 12.1 Å². The maximum Gasteiger partial charge on any atom is 0.505 e. The van der Waals surface area contributed by atoms with Crippen molar-refractivity contribution in [2.45, 2.75) is 38.9 Å². The van der Waals surface area contributed by atoms with E-state index in [0.29, 0.717) is 0 Å². The minimum Gasteiger partial charge on any atom is -0.399 e. The molecular weight excluding hydrogens is 313 g/mol. The van der Waals surface area contributed by atoms with Crippen molar-refractivity contribution in [1.82, 2.24) is 0 Å². The molecule has 0 radical (unpaired) electrons. The molecule has 1 fully saturated rings. The monoisotopic (exact) mass is 331 g/mol. The Balaban J connectivity index is 1.83. The van der Waals surface area contributed by atoms with Gasteiger partial charge in [0, 0.05) is 21.8 Å². The van der Waals surface area contributed by atoms with Crippen LogP contribution in [0.5, 0.6) is 0 Å². The molecule has 120 valence electrons. The van der Waals surface area contributed by atoms with Crippen molar-refractivity contribution < 1.29 is 14.2 Å². The lowest BCUT2D eigenvalue weighted by Crippen LogP contribution is -2.41. The summed E-state index contributed by atoms with van der Waals surface area (Å²) in [5.41, 5.74) is 0.310. The zero-order valence-electron chi connectivity index (χ0n) is 13.5. The number of non-ortho nitro benzene ring substituents is 1. The van der Waals surface area contributed by atoms with Crippen LogP contribution in [0.15, 0.2) is 36.4 Å². The predicted octanol–water partition coefficient (Wildman–Crippen LogP) is 3.62. The van der Waals surface area contributed by atoms with E-state index in [2.05, 4.69) is 0 Å².